The van der Waals surface area contributed by atoms with E-state index >= 15 is 0 Å². The highest BCUT2D eigenvalue weighted by atomic mass is 19.3. The van der Waals surface area contributed by atoms with Gasteiger partial charge in [0.25, 0.3) is 6.08 Å². The summed E-state index contributed by atoms with van der Waals surface area (Å²) < 4.78 is 39.9. The molecule has 0 saturated carbocycles. The monoisotopic (exact) mass is 206 g/mol. The van der Waals surface area contributed by atoms with Crippen LogP contribution in [-0.4, -0.2) is 24.3 Å². The van der Waals surface area contributed by atoms with Crippen molar-refractivity contribution in [3.63, 3.8) is 0 Å². The largest absolute Gasteiger partial charge is 0.342 e. The van der Waals surface area contributed by atoms with E-state index in [1.807, 2.05) is 0 Å². The normalized spacial score (nSPS) is 39.6. The maximum absolute atomic E-state index is 11.9. The smallest absolute Gasteiger partial charge is 0.268 e. The zero-order valence-corrected chi connectivity index (χ0v) is 8.00. The molecule has 0 radical (unpaired) electrons. The van der Waals surface area contributed by atoms with Crippen LogP contribution in [0.15, 0.2) is 12.2 Å². The zero-order valence-electron chi connectivity index (χ0n) is 8.00. The molecule has 80 valence electrons. The molecule has 0 amide bonds. The third-order valence-electron chi connectivity index (χ3n) is 2.22. The van der Waals surface area contributed by atoms with Crippen molar-refractivity contribution >= 4 is 0 Å². The number of rotatable bonds is 1. The molecule has 2 fully saturated rings. The van der Waals surface area contributed by atoms with Crippen LogP contribution in [0.4, 0.5) is 8.78 Å². The van der Waals surface area contributed by atoms with Gasteiger partial charge in [0.2, 0.25) is 0 Å². The first-order valence-corrected chi connectivity index (χ1v) is 4.50. The minimum absolute atomic E-state index is 0.231. The molecular formula is C9H12F2O3. The summed E-state index contributed by atoms with van der Waals surface area (Å²) in [4.78, 5) is 0. The lowest BCUT2D eigenvalue weighted by Gasteiger charge is -2.19. The molecule has 14 heavy (non-hydrogen) atoms. The third-order valence-corrected chi connectivity index (χ3v) is 2.22. The van der Waals surface area contributed by atoms with Crippen molar-refractivity contribution in [3.05, 3.63) is 12.2 Å². The van der Waals surface area contributed by atoms with Crippen LogP contribution >= 0.6 is 0 Å². The van der Waals surface area contributed by atoms with Crippen molar-refractivity contribution < 1.29 is 23.0 Å². The summed E-state index contributed by atoms with van der Waals surface area (Å²) >= 11 is 0. The first-order chi connectivity index (χ1) is 6.46. The fourth-order valence-corrected chi connectivity index (χ4v) is 1.78. The Labute approximate surface area is 80.6 Å². The van der Waals surface area contributed by atoms with Crippen molar-refractivity contribution in [2.75, 3.05) is 0 Å². The average Bonchev–Trinajstić information content (AvgIpc) is 2.38. The van der Waals surface area contributed by atoms with Gasteiger partial charge in [-0.3, -0.25) is 0 Å². The lowest BCUT2D eigenvalue weighted by atomic mass is 10.2. The van der Waals surface area contributed by atoms with Crippen molar-refractivity contribution in [2.24, 2.45) is 0 Å². The van der Waals surface area contributed by atoms with E-state index in [-0.39, 0.29) is 6.10 Å². The van der Waals surface area contributed by atoms with E-state index in [2.05, 4.69) is 0 Å². The minimum Gasteiger partial charge on any atom is -0.342 e. The Morgan fingerprint density at radius 2 is 2.07 bits per heavy atom. The maximum atomic E-state index is 11.9. The van der Waals surface area contributed by atoms with Gasteiger partial charge in [0.15, 0.2) is 12.1 Å². The van der Waals surface area contributed by atoms with Gasteiger partial charge in [-0.1, -0.05) is 0 Å². The van der Waals surface area contributed by atoms with Gasteiger partial charge in [-0.25, -0.2) is 0 Å². The van der Waals surface area contributed by atoms with Gasteiger partial charge < -0.3 is 14.2 Å². The summed E-state index contributed by atoms with van der Waals surface area (Å²) in [6, 6.07) is 0. The molecule has 2 rings (SSSR count). The molecular weight excluding hydrogens is 194 g/mol. The molecule has 2 saturated heterocycles. The summed E-state index contributed by atoms with van der Waals surface area (Å²) in [5.74, 6) is -0.668. The molecule has 0 spiro atoms. The second-order valence-corrected chi connectivity index (χ2v) is 3.91. The molecule has 0 aromatic heterocycles. The molecule has 2 aliphatic rings. The van der Waals surface area contributed by atoms with Gasteiger partial charge >= 0.3 is 0 Å². The van der Waals surface area contributed by atoms with Crippen LogP contribution in [-0.2, 0) is 14.2 Å². The fourth-order valence-electron chi connectivity index (χ4n) is 1.78. The predicted octanol–water partition coefficient (Wildman–Crippen LogP) is 2.03. The quantitative estimate of drug-likeness (QED) is 0.657. The Balaban J connectivity index is 1.97. The Bertz CT molecular complexity index is 245. The molecule has 3 nitrogen and oxygen atoms in total. The number of halogens is 2. The highest BCUT2D eigenvalue weighted by Crippen LogP contribution is 2.37. The highest BCUT2D eigenvalue weighted by Gasteiger charge is 2.48. The van der Waals surface area contributed by atoms with Crippen LogP contribution < -0.4 is 0 Å². The molecule has 0 unspecified atom stereocenters. The highest BCUT2D eigenvalue weighted by molar-refractivity contribution is 4.97. The maximum Gasteiger partial charge on any atom is 0.268 e. The van der Waals surface area contributed by atoms with Crippen molar-refractivity contribution in [1.29, 1.82) is 0 Å². The summed E-state index contributed by atoms with van der Waals surface area (Å²) in [6.45, 7) is 3.55. The number of hydrogen-bond donors (Lipinski definition) is 0. The Hall–Kier alpha value is -0.520. The molecule has 0 N–H and O–H groups in total. The van der Waals surface area contributed by atoms with Gasteiger partial charge in [0, 0.05) is 12.5 Å². The van der Waals surface area contributed by atoms with Gasteiger partial charge in [-0.05, 0) is 13.8 Å². The van der Waals surface area contributed by atoms with E-state index < -0.39 is 24.3 Å². The standard InChI is InChI=1S/C9H12F2O3/c1-9(2)13-6-3-5(4-7(10)11)12-8(6)14-9/h4-6,8H,3H2,1-2H3/t5-,6+,8+/m0/s1. The molecule has 0 aliphatic carbocycles. The van der Waals surface area contributed by atoms with E-state index in [0.29, 0.717) is 6.42 Å². The van der Waals surface area contributed by atoms with Crippen LogP contribution in [0, 0.1) is 0 Å². The number of fused-ring (bicyclic) bond motifs is 1. The molecule has 0 bridgehead atoms. The molecule has 2 aliphatic heterocycles. The van der Waals surface area contributed by atoms with Crippen LogP contribution in [0.2, 0.25) is 0 Å². The Morgan fingerprint density at radius 3 is 2.64 bits per heavy atom. The minimum atomic E-state index is -1.73. The van der Waals surface area contributed by atoms with E-state index in [1.165, 1.54) is 0 Å². The second kappa shape index (κ2) is 3.25. The van der Waals surface area contributed by atoms with Crippen LogP contribution in [0.3, 0.4) is 0 Å². The van der Waals surface area contributed by atoms with Gasteiger partial charge in [0.1, 0.15) is 6.10 Å². The van der Waals surface area contributed by atoms with Gasteiger partial charge in [-0.2, -0.15) is 8.78 Å². The van der Waals surface area contributed by atoms with E-state index in [0.717, 1.165) is 6.08 Å². The van der Waals surface area contributed by atoms with E-state index in [1.54, 1.807) is 13.8 Å². The summed E-state index contributed by atoms with van der Waals surface area (Å²) in [6.07, 6.45) is -1.85. The van der Waals surface area contributed by atoms with Gasteiger partial charge in [0.05, 0.1) is 6.10 Å². The van der Waals surface area contributed by atoms with E-state index in [9.17, 15) is 8.78 Å². The SMILES string of the molecule is CC1(C)O[C@H]2O[C@H](C=C(F)F)C[C@H]2O1. The van der Waals surface area contributed by atoms with Crippen molar-refractivity contribution in [1.82, 2.24) is 0 Å². The molecule has 0 aromatic rings. The van der Waals surface area contributed by atoms with Crippen molar-refractivity contribution in [3.8, 4) is 0 Å². The lowest BCUT2D eigenvalue weighted by molar-refractivity contribution is -0.200. The molecule has 3 atom stereocenters. The average molecular weight is 206 g/mol. The van der Waals surface area contributed by atoms with Gasteiger partial charge in [-0.15, -0.1) is 0 Å². The first-order valence-electron chi connectivity index (χ1n) is 4.50. The molecule has 5 heteroatoms. The van der Waals surface area contributed by atoms with E-state index in [4.69, 9.17) is 14.2 Å². The predicted molar refractivity (Wildman–Crippen MR) is 43.6 cm³/mol. The summed E-state index contributed by atoms with van der Waals surface area (Å²) in [5, 5.41) is 0. The molecule has 2 heterocycles. The summed E-state index contributed by atoms with van der Waals surface area (Å²) in [7, 11) is 0. The van der Waals surface area contributed by atoms with Crippen LogP contribution in [0.1, 0.15) is 20.3 Å². The third kappa shape index (κ3) is 1.94. The number of ether oxygens (including phenoxy) is 3. The summed E-state index contributed by atoms with van der Waals surface area (Å²) in [5.41, 5.74) is 0. The lowest BCUT2D eigenvalue weighted by Crippen LogP contribution is -2.24. The first kappa shape index (κ1) is 10.0. The van der Waals surface area contributed by atoms with Crippen molar-refractivity contribution in [2.45, 2.75) is 44.6 Å². The fraction of sp³-hybridized carbons (Fsp3) is 0.778. The number of hydrogen-bond acceptors (Lipinski definition) is 3. The molecule has 0 aromatic carbocycles. The van der Waals surface area contributed by atoms with Crippen LogP contribution in [0.25, 0.3) is 0 Å². The second-order valence-electron chi connectivity index (χ2n) is 3.91. The Morgan fingerprint density at radius 1 is 1.36 bits per heavy atom. The Kier molecular flexibility index (Phi) is 2.33. The van der Waals surface area contributed by atoms with Crippen LogP contribution in [0.5, 0.6) is 0 Å². The zero-order chi connectivity index (χ0) is 10.3. The topological polar surface area (TPSA) is 27.7 Å².